The summed E-state index contributed by atoms with van der Waals surface area (Å²) in [7, 11) is 5.23. The predicted molar refractivity (Wildman–Crippen MR) is 36.8 cm³/mol. The van der Waals surface area contributed by atoms with Crippen LogP contribution in [0.25, 0.3) is 0 Å². The molecule has 0 spiro atoms. The third-order valence-electron chi connectivity index (χ3n) is 0.775. The lowest BCUT2D eigenvalue weighted by atomic mass is 10.1. The molecule has 2 N–H and O–H groups in total. The number of halogens is 1. The van der Waals surface area contributed by atoms with E-state index >= 15 is 0 Å². The molecule has 0 aliphatic heterocycles. The fourth-order valence-corrected chi connectivity index (χ4v) is 0.535. The predicted octanol–water partition coefficient (Wildman–Crippen LogP) is -0.494. The maximum atomic E-state index is 5.44. The summed E-state index contributed by atoms with van der Waals surface area (Å²) in [4.78, 5) is 7.27. The van der Waals surface area contributed by atoms with Crippen molar-refractivity contribution in [3.63, 3.8) is 0 Å². The highest BCUT2D eigenvalue weighted by molar-refractivity contribution is 6.43. The molecule has 0 saturated heterocycles. The Balaban J connectivity index is 3.17. The van der Waals surface area contributed by atoms with Crippen LogP contribution in [0.2, 0.25) is 5.15 Å². The molecule has 0 saturated carbocycles. The molecule has 44 valence electrons. The summed E-state index contributed by atoms with van der Waals surface area (Å²) in [6, 6.07) is 0. The summed E-state index contributed by atoms with van der Waals surface area (Å²) in [5.74, 6) is 0.272. The lowest BCUT2D eigenvalue weighted by Gasteiger charge is -1.94. The first-order valence-corrected chi connectivity index (χ1v) is 2.61. The van der Waals surface area contributed by atoms with Crippen molar-refractivity contribution in [1.82, 2.24) is 9.97 Å². The van der Waals surface area contributed by atoms with Gasteiger partial charge in [-0.05, 0) is 0 Å². The average molecular weight is 139 g/mol. The van der Waals surface area contributed by atoms with E-state index in [4.69, 9.17) is 25.2 Å². The van der Waals surface area contributed by atoms with Crippen LogP contribution >= 0.6 is 11.6 Å². The Morgan fingerprint density at radius 1 is 1.67 bits per heavy atom. The number of hydrogen-bond acceptors (Lipinski definition) is 3. The van der Waals surface area contributed by atoms with Crippen molar-refractivity contribution in [2.24, 2.45) is 0 Å². The highest BCUT2D eigenvalue weighted by atomic mass is 35.5. The summed E-state index contributed by atoms with van der Waals surface area (Å²) in [6.07, 6.45) is 1.35. The van der Waals surface area contributed by atoms with Crippen molar-refractivity contribution >= 4 is 30.9 Å². The summed E-state index contributed by atoms with van der Waals surface area (Å²) in [5, 5.41) is 0.148. The van der Waals surface area contributed by atoms with E-state index in [1.807, 2.05) is 0 Å². The van der Waals surface area contributed by atoms with Crippen LogP contribution in [-0.2, 0) is 0 Å². The van der Waals surface area contributed by atoms with Crippen molar-refractivity contribution in [2.75, 3.05) is 5.73 Å². The molecule has 1 aromatic rings. The Morgan fingerprint density at radius 2 is 2.33 bits per heavy atom. The van der Waals surface area contributed by atoms with E-state index < -0.39 is 0 Å². The minimum atomic E-state index is 0.148. The molecular weight excluding hydrogens is 136 g/mol. The van der Waals surface area contributed by atoms with Crippen LogP contribution in [0.5, 0.6) is 0 Å². The van der Waals surface area contributed by atoms with Crippen LogP contribution in [0.4, 0.5) is 5.82 Å². The number of rotatable bonds is 0. The Labute approximate surface area is 58.7 Å². The first-order chi connectivity index (χ1) is 4.20. The Kier molecular flexibility index (Phi) is 1.57. The van der Waals surface area contributed by atoms with Gasteiger partial charge in [-0.1, -0.05) is 11.6 Å². The fraction of sp³-hybridized carbons (Fsp3) is 0. The van der Waals surface area contributed by atoms with E-state index in [1.165, 1.54) is 6.20 Å². The van der Waals surface area contributed by atoms with Gasteiger partial charge in [-0.2, -0.15) is 0 Å². The van der Waals surface area contributed by atoms with Gasteiger partial charge in [-0.3, -0.25) is 4.98 Å². The van der Waals surface area contributed by atoms with Crippen molar-refractivity contribution in [3.05, 3.63) is 11.3 Å². The van der Waals surface area contributed by atoms with Crippen LogP contribution in [0.3, 0.4) is 0 Å². The Morgan fingerprint density at radius 3 is 2.78 bits per heavy atom. The molecule has 1 aromatic heterocycles. The normalized spacial score (nSPS) is 9.44. The quantitative estimate of drug-likeness (QED) is 0.493. The second-order valence-corrected chi connectivity index (χ2v) is 1.83. The molecule has 1 heterocycles. The molecule has 3 nitrogen and oxygen atoms in total. The van der Waals surface area contributed by atoms with Gasteiger partial charge in [0, 0.05) is 5.59 Å². The van der Waals surface area contributed by atoms with Gasteiger partial charge < -0.3 is 5.73 Å². The van der Waals surface area contributed by atoms with Crippen molar-refractivity contribution in [2.45, 2.75) is 0 Å². The molecular formula is C4H3BClN3. The molecule has 9 heavy (non-hydrogen) atoms. The van der Waals surface area contributed by atoms with Crippen LogP contribution in [0.15, 0.2) is 6.20 Å². The molecule has 0 unspecified atom stereocenters. The molecule has 5 heteroatoms. The molecule has 0 aliphatic rings. The number of hydrogen-bond donors (Lipinski definition) is 1. The fourth-order valence-electron chi connectivity index (χ4n) is 0.388. The molecule has 0 amide bonds. The first-order valence-electron chi connectivity index (χ1n) is 2.23. The number of nitrogen functional groups attached to an aromatic ring is 1. The third-order valence-corrected chi connectivity index (χ3v) is 1.05. The molecule has 0 fully saturated rings. The Hall–Kier alpha value is -0.765. The summed E-state index contributed by atoms with van der Waals surface area (Å²) in [5.41, 5.74) is 5.41. The monoisotopic (exact) mass is 139 g/mol. The molecule has 0 aliphatic carbocycles. The maximum Gasteiger partial charge on any atom is 0.146 e. The second-order valence-electron chi connectivity index (χ2n) is 1.47. The van der Waals surface area contributed by atoms with Gasteiger partial charge in [0.15, 0.2) is 0 Å². The number of nitrogens with two attached hydrogens (primary N) is 1. The smallest absolute Gasteiger partial charge is 0.146 e. The van der Waals surface area contributed by atoms with E-state index in [0.29, 0.717) is 0 Å². The first kappa shape index (κ1) is 6.36. The number of anilines is 1. The number of nitrogens with zero attached hydrogens (tertiary/aromatic N) is 2. The molecule has 0 aromatic carbocycles. The molecule has 2 radical (unpaired) electrons. The highest BCUT2D eigenvalue weighted by Gasteiger charge is 1.94. The van der Waals surface area contributed by atoms with Gasteiger partial charge in [0.2, 0.25) is 0 Å². The van der Waals surface area contributed by atoms with E-state index in [-0.39, 0.29) is 16.6 Å². The average Bonchev–Trinajstić information content (AvgIpc) is 1.80. The summed E-state index contributed by atoms with van der Waals surface area (Å²) in [6.45, 7) is 0. The van der Waals surface area contributed by atoms with E-state index in [0.717, 1.165) is 0 Å². The molecule has 1 rings (SSSR count). The molecule has 0 bridgehead atoms. The lowest BCUT2D eigenvalue weighted by Crippen LogP contribution is -2.11. The van der Waals surface area contributed by atoms with Gasteiger partial charge in [-0.15, -0.1) is 0 Å². The largest absolute Gasteiger partial charge is 0.382 e. The van der Waals surface area contributed by atoms with E-state index in [2.05, 4.69) is 9.97 Å². The van der Waals surface area contributed by atoms with Crippen LogP contribution in [0.1, 0.15) is 0 Å². The SMILES string of the molecule is [B]c1ncc(N)nc1Cl. The van der Waals surface area contributed by atoms with Crippen molar-refractivity contribution < 1.29 is 0 Å². The standard InChI is InChI=1S/C4H3BClN3/c5-3-4(6)9-2(7)1-8-3/h1H,(H2,7,9). The van der Waals surface area contributed by atoms with Gasteiger partial charge >= 0.3 is 0 Å². The van der Waals surface area contributed by atoms with Crippen molar-refractivity contribution in [3.8, 4) is 0 Å². The van der Waals surface area contributed by atoms with Gasteiger partial charge in [0.05, 0.1) is 6.20 Å². The summed E-state index contributed by atoms with van der Waals surface area (Å²) < 4.78 is 0. The van der Waals surface area contributed by atoms with E-state index in [1.54, 1.807) is 0 Å². The number of aromatic nitrogens is 2. The maximum absolute atomic E-state index is 5.44. The zero-order valence-corrected chi connectivity index (χ0v) is 5.26. The van der Waals surface area contributed by atoms with Crippen LogP contribution < -0.4 is 11.3 Å². The second kappa shape index (κ2) is 2.23. The van der Waals surface area contributed by atoms with Gasteiger partial charge in [0.25, 0.3) is 0 Å². The van der Waals surface area contributed by atoms with Crippen LogP contribution in [0, 0.1) is 0 Å². The topological polar surface area (TPSA) is 51.8 Å². The third kappa shape index (κ3) is 1.32. The van der Waals surface area contributed by atoms with Gasteiger partial charge in [-0.25, -0.2) is 4.98 Å². The van der Waals surface area contributed by atoms with E-state index in [9.17, 15) is 0 Å². The van der Waals surface area contributed by atoms with Crippen LogP contribution in [-0.4, -0.2) is 17.8 Å². The summed E-state index contributed by atoms with van der Waals surface area (Å²) >= 11 is 5.44. The van der Waals surface area contributed by atoms with Crippen molar-refractivity contribution in [1.29, 1.82) is 0 Å². The zero-order chi connectivity index (χ0) is 6.85. The molecule has 0 atom stereocenters. The highest BCUT2D eigenvalue weighted by Crippen LogP contribution is 1.98. The van der Waals surface area contributed by atoms with Gasteiger partial charge in [0.1, 0.15) is 18.8 Å². The minimum absolute atomic E-state index is 0.148. The Bertz CT molecular complexity index is 227. The zero-order valence-electron chi connectivity index (χ0n) is 4.50. The lowest BCUT2D eigenvalue weighted by molar-refractivity contribution is 1.25. The minimum Gasteiger partial charge on any atom is -0.382 e.